The number of hydrogen-bond acceptors (Lipinski definition) is 4. The van der Waals surface area contributed by atoms with E-state index >= 15 is 0 Å². The van der Waals surface area contributed by atoms with Crippen LogP contribution in [0.15, 0.2) is 12.3 Å². The number of nitrogens with zero attached hydrogens (tertiary/aromatic N) is 3. The van der Waals surface area contributed by atoms with E-state index in [0.29, 0.717) is 0 Å². The van der Waals surface area contributed by atoms with Crippen LogP contribution in [0.25, 0.3) is 0 Å². The Kier molecular flexibility index (Phi) is 4.18. The molecule has 94 valence electrons. The molecule has 1 heterocycles. The van der Waals surface area contributed by atoms with Crippen molar-refractivity contribution in [1.29, 1.82) is 0 Å². The Morgan fingerprint density at radius 1 is 1.35 bits per heavy atom. The first-order chi connectivity index (χ1) is 8.25. The third-order valence-corrected chi connectivity index (χ3v) is 3.38. The third kappa shape index (κ3) is 3.58. The quantitative estimate of drug-likeness (QED) is 0.850. The molecule has 1 aromatic heterocycles. The maximum atomic E-state index is 4.44. The van der Waals surface area contributed by atoms with Gasteiger partial charge in [0.1, 0.15) is 5.82 Å². The van der Waals surface area contributed by atoms with E-state index in [9.17, 15) is 0 Å². The zero-order chi connectivity index (χ0) is 12.1. The molecule has 4 heteroatoms. The standard InChI is InChI=1S/C13H22N4/c1-17(2)13-15-10-8-12(16-13)14-9-7-11-5-3-4-6-11/h8,10-11H,3-7,9H2,1-2H3,(H,14,15,16). The van der Waals surface area contributed by atoms with Crippen LogP contribution in [0.5, 0.6) is 0 Å². The zero-order valence-electron chi connectivity index (χ0n) is 10.8. The van der Waals surface area contributed by atoms with Crippen molar-refractivity contribution >= 4 is 11.8 Å². The van der Waals surface area contributed by atoms with Gasteiger partial charge < -0.3 is 10.2 Å². The lowest BCUT2D eigenvalue weighted by molar-refractivity contribution is 0.518. The molecule has 0 radical (unpaired) electrons. The molecule has 0 aliphatic heterocycles. The molecule has 1 N–H and O–H groups in total. The number of aromatic nitrogens is 2. The van der Waals surface area contributed by atoms with E-state index in [2.05, 4.69) is 15.3 Å². The second-order valence-corrected chi connectivity index (χ2v) is 5.00. The van der Waals surface area contributed by atoms with Crippen molar-refractivity contribution in [1.82, 2.24) is 9.97 Å². The molecule has 2 rings (SSSR count). The van der Waals surface area contributed by atoms with Crippen LogP contribution in [-0.4, -0.2) is 30.6 Å². The van der Waals surface area contributed by atoms with Crippen LogP contribution in [0, 0.1) is 5.92 Å². The van der Waals surface area contributed by atoms with Crippen molar-refractivity contribution in [2.45, 2.75) is 32.1 Å². The highest BCUT2D eigenvalue weighted by Crippen LogP contribution is 2.27. The Morgan fingerprint density at radius 2 is 2.12 bits per heavy atom. The molecule has 0 spiro atoms. The molecule has 1 fully saturated rings. The first-order valence-electron chi connectivity index (χ1n) is 6.50. The van der Waals surface area contributed by atoms with Gasteiger partial charge in [-0.1, -0.05) is 25.7 Å². The maximum absolute atomic E-state index is 4.44. The number of nitrogens with one attached hydrogen (secondary N) is 1. The molecular formula is C13H22N4. The molecule has 0 bridgehead atoms. The van der Waals surface area contributed by atoms with E-state index in [4.69, 9.17) is 0 Å². The first kappa shape index (κ1) is 12.1. The fraction of sp³-hybridized carbons (Fsp3) is 0.692. The Labute approximate surface area is 103 Å². The maximum Gasteiger partial charge on any atom is 0.226 e. The van der Waals surface area contributed by atoms with Crippen LogP contribution in [0.4, 0.5) is 11.8 Å². The van der Waals surface area contributed by atoms with Crippen molar-refractivity contribution in [3.05, 3.63) is 12.3 Å². The number of rotatable bonds is 5. The summed E-state index contributed by atoms with van der Waals surface area (Å²) in [7, 11) is 3.91. The van der Waals surface area contributed by atoms with Gasteiger partial charge in [0.05, 0.1) is 0 Å². The highest BCUT2D eigenvalue weighted by molar-refractivity contribution is 5.40. The van der Waals surface area contributed by atoms with E-state index in [-0.39, 0.29) is 0 Å². The highest BCUT2D eigenvalue weighted by Gasteiger charge is 2.14. The van der Waals surface area contributed by atoms with Crippen molar-refractivity contribution in [3.63, 3.8) is 0 Å². The van der Waals surface area contributed by atoms with Crippen LogP contribution in [0.1, 0.15) is 32.1 Å². The molecule has 0 atom stereocenters. The summed E-state index contributed by atoms with van der Waals surface area (Å²) in [6.45, 7) is 1.02. The second-order valence-electron chi connectivity index (χ2n) is 5.00. The lowest BCUT2D eigenvalue weighted by Gasteiger charge is -2.13. The molecule has 0 aromatic carbocycles. The average Bonchev–Trinajstić information content (AvgIpc) is 2.82. The molecule has 1 aliphatic carbocycles. The molecule has 1 aliphatic rings. The van der Waals surface area contributed by atoms with Crippen LogP contribution in [0.2, 0.25) is 0 Å². The molecule has 17 heavy (non-hydrogen) atoms. The summed E-state index contributed by atoms with van der Waals surface area (Å²) in [5.41, 5.74) is 0. The Hall–Kier alpha value is -1.32. The molecule has 1 saturated carbocycles. The Bertz CT molecular complexity index is 345. The Morgan fingerprint density at radius 3 is 2.82 bits per heavy atom. The monoisotopic (exact) mass is 234 g/mol. The summed E-state index contributed by atoms with van der Waals surface area (Å²) < 4.78 is 0. The van der Waals surface area contributed by atoms with Gasteiger partial charge in [-0.25, -0.2) is 4.98 Å². The van der Waals surface area contributed by atoms with E-state index in [1.165, 1.54) is 32.1 Å². The first-order valence-corrected chi connectivity index (χ1v) is 6.50. The largest absolute Gasteiger partial charge is 0.370 e. The highest BCUT2D eigenvalue weighted by atomic mass is 15.2. The third-order valence-electron chi connectivity index (χ3n) is 3.38. The summed E-state index contributed by atoms with van der Waals surface area (Å²) in [5, 5.41) is 3.39. The smallest absolute Gasteiger partial charge is 0.226 e. The van der Waals surface area contributed by atoms with Gasteiger partial charge in [0.15, 0.2) is 0 Å². The molecule has 1 aromatic rings. The van der Waals surface area contributed by atoms with Gasteiger partial charge in [-0.3, -0.25) is 0 Å². The van der Waals surface area contributed by atoms with Gasteiger partial charge in [-0.05, 0) is 18.4 Å². The van der Waals surface area contributed by atoms with E-state index in [0.717, 1.165) is 24.2 Å². The predicted molar refractivity (Wildman–Crippen MR) is 71.4 cm³/mol. The number of anilines is 2. The van der Waals surface area contributed by atoms with Gasteiger partial charge >= 0.3 is 0 Å². The van der Waals surface area contributed by atoms with Crippen molar-refractivity contribution < 1.29 is 0 Å². The van der Waals surface area contributed by atoms with Crippen molar-refractivity contribution in [2.75, 3.05) is 30.9 Å². The van der Waals surface area contributed by atoms with Crippen molar-refractivity contribution in [3.8, 4) is 0 Å². The van der Waals surface area contributed by atoms with E-state index < -0.39 is 0 Å². The zero-order valence-corrected chi connectivity index (χ0v) is 10.8. The van der Waals surface area contributed by atoms with Crippen LogP contribution < -0.4 is 10.2 Å². The lowest BCUT2D eigenvalue weighted by Crippen LogP contribution is -2.14. The summed E-state index contributed by atoms with van der Waals surface area (Å²) in [6.07, 6.45) is 8.73. The summed E-state index contributed by atoms with van der Waals surface area (Å²) in [5.74, 6) is 2.62. The SMILES string of the molecule is CN(C)c1nccc(NCCC2CCCC2)n1. The van der Waals surface area contributed by atoms with Gasteiger partial charge in [0.2, 0.25) is 5.95 Å². The van der Waals surface area contributed by atoms with E-state index in [1.807, 2.05) is 25.1 Å². The van der Waals surface area contributed by atoms with Crippen LogP contribution in [0.3, 0.4) is 0 Å². The minimum atomic E-state index is 0.760. The summed E-state index contributed by atoms with van der Waals surface area (Å²) in [4.78, 5) is 10.6. The van der Waals surface area contributed by atoms with Gasteiger partial charge in [-0.2, -0.15) is 4.98 Å². The molecule has 0 amide bonds. The predicted octanol–water partition coefficient (Wildman–Crippen LogP) is 2.53. The topological polar surface area (TPSA) is 41.1 Å². The minimum absolute atomic E-state index is 0.760. The summed E-state index contributed by atoms with van der Waals surface area (Å²) >= 11 is 0. The molecule has 0 saturated heterocycles. The lowest BCUT2D eigenvalue weighted by atomic mass is 10.0. The fourth-order valence-corrected chi connectivity index (χ4v) is 2.37. The van der Waals surface area contributed by atoms with Gasteiger partial charge in [0.25, 0.3) is 0 Å². The number of hydrogen-bond donors (Lipinski definition) is 1. The Balaban J connectivity index is 1.79. The molecule has 4 nitrogen and oxygen atoms in total. The second kappa shape index (κ2) is 5.84. The van der Waals surface area contributed by atoms with Crippen molar-refractivity contribution in [2.24, 2.45) is 5.92 Å². The van der Waals surface area contributed by atoms with Crippen LogP contribution >= 0.6 is 0 Å². The van der Waals surface area contributed by atoms with Gasteiger partial charge in [-0.15, -0.1) is 0 Å². The minimum Gasteiger partial charge on any atom is -0.370 e. The molecular weight excluding hydrogens is 212 g/mol. The van der Waals surface area contributed by atoms with E-state index in [1.54, 1.807) is 6.20 Å². The fourth-order valence-electron chi connectivity index (χ4n) is 2.37. The molecule has 0 unspecified atom stereocenters. The summed E-state index contributed by atoms with van der Waals surface area (Å²) in [6, 6.07) is 1.93. The normalized spacial score (nSPS) is 16.1. The average molecular weight is 234 g/mol. The van der Waals surface area contributed by atoms with Crippen LogP contribution in [-0.2, 0) is 0 Å². The van der Waals surface area contributed by atoms with Gasteiger partial charge in [0, 0.05) is 26.8 Å².